The maximum atomic E-state index is 12.2. The smallest absolute Gasteiger partial charge is 0.349 e. The highest BCUT2D eigenvalue weighted by atomic mass is 16.5. The van der Waals surface area contributed by atoms with Gasteiger partial charge in [0.2, 0.25) is 0 Å². The summed E-state index contributed by atoms with van der Waals surface area (Å²) in [5.74, 6) is -1.91. The SMILES string of the molecule is COc1cccc2cc(C(=O)N[C@H](C(=O)O)C(C)C)c(=O)oc12. The number of aliphatic carboxylic acids is 1. The fourth-order valence-corrected chi connectivity index (χ4v) is 2.17. The van der Waals surface area contributed by atoms with Crippen molar-refractivity contribution in [3.8, 4) is 5.75 Å². The van der Waals surface area contributed by atoms with Crippen molar-refractivity contribution in [1.82, 2.24) is 5.32 Å². The van der Waals surface area contributed by atoms with E-state index >= 15 is 0 Å². The summed E-state index contributed by atoms with van der Waals surface area (Å²) in [4.78, 5) is 35.4. The Morgan fingerprint density at radius 3 is 2.57 bits per heavy atom. The fourth-order valence-electron chi connectivity index (χ4n) is 2.17. The number of fused-ring (bicyclic) bond motifs is 1. The third kappa shape index (κ3) is 3.33. The minimum Gasteiger partial charge on any atom is -0.493 e. The lowest BCUT2D eigenvalue weighted by Gasteiger charge is -2.17. The third-order valence-electron chi connectivity index (χ3n) is 3.41. The van der Waals surface area contributed by atoms with Gasteiger partial charge < -0.3 is 19.6 Å². The second-order valence-corrected chi connectivity index (χ2v) is 5.36. The van der Waals surface area contributed by atoms with E-state index in [0.717, 1.165) is 0 Å². The molecule has 0 unspecified atom stereocenters. The van der Waals surface area contributed by atoms with Gasteiger partial charge in [-0.3, -0.25) is 4.79 Å². The van der Waals surface area contributed by atoms with E-state index in [1.165, 1.54) is 13.2 Å². The van der Waals surface area contributed by atoms with Crippen molar-refractivity contribution >= 4 is 22.8 Å². The number of carbonyl (C=O) groups excluding carboxylic acids is 1. The van der Waals surface area contributed by atoms with Gasteiger partial charge in [0.25, 0.3) is 5.91 Å². The Kier molecular flexibility index (Phi) is 4.68. The van der Waals surface area contributed by atoms with Crippen LogP contribution in [0, 0.1) is 5.92 Å². The number of methoxy groups -OCH3 is 1. The summed E-state index contributed by atoms with van der Waals surface area (Å²) < 4.78 is 10.2. The molecule has 23 heavy (non-hydrogen) atoms. The third-order valence-corrected chi connectivity index (χ3v) is 3.41. The van der Waals surface area contributed by atoms with E-state index in [4.69, 9.17) is 14.3 Å². The molecule has 0 fully saturated rings. The Labute approximate surface area is 131 Å². The number of nitrogens with one attached hydrogen (secondary N) is 1. The molecule has 0 aliphatic rings. The van der Waals surface area contributed by atoms with E-state index < -0.39 is 23.5 Å². The van der Waals surface area contributed by atoms with Crippen LogP contribution in [-0.2, 0) is 4.79 Å². The van der Waals surface area contributed by atoms with E-state index in [1.54, 1.807) is 32.0 Å². The molecule has 1 aromatic heterocycles. The van der Waals surface area contributed by atoms with Crippen LogP contribution < -0.4 is 15.7 Å². The zero-order valence-corrected chi connectivity index (χ0v) is 13.0. The molecule has 2 aromatic rings. The molecule has 1 heterocycles. The summed E-state index contributed by atoms with van der Waals surface area (Å²) in [6.45, 7) is 3.32. The largest absolute Gasteiger partial charge is 0.493 e. The van der Waals surface area contributed by atoms with Crippen LogP contribution in [0.25, 0.3) is 11.0 Å². The molecule has 1 aromatic carbocycles. The summed E-state index contributed by atoms with van der Waals surface area (Å²) in [7, 11) is 1.44. The van der Waals surface area contributed by atoms with Crippen molar-refractivity contribution in [2.24, 2.45) is 5.92 Å². The van der Waals surface area contributed by atoms with Crippen LogP contribution in [0.1, 0.15) is 24.2 Å². The van der Waals surface area contributed by atoms with Gasteiger partial charge in [-0.05, 0) is 18.1 Å². The number of hydrogen-bond donors (Lipinski definition) is 2. The molecule has 0 aliphatic heterocycles. The van der Waals surface area contributed by atoms with Crippen LogP contribution in [0.4, 0.5) is 0 Å². The van der Waals surface area contributed by atoms with Gasteiger partial charge in [-0.25, -0.2) is 9.59 Å². The topological polar surface area (TPSA) is 106 Å². The molecule has 1 amide bonds. The lowest BCUT2D eigenvalue weighted by molar-refractivity contribution is -0.140. The van der Waals surface area contributed by atoms with Gasteiger partial charge in [-0.15, -0.1) is 0 Å². The lowest BCUT2D eigenvalue weighted by atomic mass is 10.0. The molecule has 0 saturated carbocycles. The van der Waals surface area contributed by atoms with Gasteiger partial charge in [-0.1, -0.05) is 26.0 Å². The molecule has 2 rings (SSSR count). The summed E-state index contributed by atoms with van der Waals surface area (Å²) >= 11 is 0. The van der Waals surface area contributed by atoms with Gasteiger partial charge in [0, 0.05) is 5.39 Å². The van der Waals surface area contributed by atoms with E-state index in [-0.39, 0.29) is 17.1 Å². The Morgan fingerprint density at radius 1 is 1.30 bits per heavy atom. The van der Waals surface area contributed by atoms with Gasteiger partial charge in [0.15, 0.2) is 11.3 Å². The summed E-state index contributed by atoms with van der Waals surface area (Å²) in [5, 5.41) is 12.0. The summed E-state index contributed by atoms with van der Waals surface area (Å²) in [6.07, 6.45) is 0. The highest BCUT2D eigenvalue weighted by Gasteiger charge is 2.25. The average molecular weight is 319 g/mol. The van der Waals surface area contributed by atoms with Crippen molar-refractivity contribution in [3.05, 3.63) is 40.2 Å². The first-order chi connectivity index (χ1) is 10.8. The van der Waals surface area contributed by atoms with E-state index in [1.807, 2.05) is 0 Å². The Hall–Kier alpha value is -2.83. The van der Waals surface area contributed by atoms with Gasteiger partial charge in [-0.2, -0.15) is 0 Å². The standard InChI is InChI=1S/C16H17NO6/c1-8(2)12(15(19)20)17-14(18)10-7-9-5-4-6-11(22-3)13(9)23-16(10)21/h4-8,12H,1-3H3,(H,17,18)(H,19,20)/t12-/m0/s1. The molecular weight excluding hydrogens is 302 g/mol. The van der Waals surface area contributed by atoms with Crippen LogP contribution in [0.15, 0.2) is 33.5 Å². The molecule has 0 aliphatic carbocycles. The van der Waals surface area contributed by atoms with Crippen LogP contribution in [0.2, 0.25) is 0 Å². The van der Waals surface area contributed by atoms with Gasteiger partial charge in [0.05, 0.1) is 7.11 Å². The predicted molar refractivity (Wildman–Crippen MR) is 82.8 cm³/mol. The van der Waals surface area contributed by atoms with Gasteiger partial charge >= 0.3 is 11.6 Å². The number of carboxylic acids is 1. The minimum atomic E-state index is -1.17. The summed E-state index contributed by atoms with van der Waals surface area (Å²) in [6, 6.07) is 5.25. The Balaban J connectivity index is 2.44. The molecule has 7 heteroatoms. The fraction of sp³-hybridized carbons (Fsp3) is 0.312. The molecule has 7 nitrogen and oxygen atoms in total. The summed E-state index contributed by atoms with van der Waals surface area (Å²) in [5.41, 5.74) is -0.875. The lowest BCUT2D eigenvalue weighted by Crippen LogP contribution is -2.45. The zero-order chi connectivity index (χ0) is 17.1. The molecule has 0 bridgehead atoms. The first-order valence-electron chi connectivity index (χ1n) is 6.99. The quantitative estimate of drug-likeness (QED) is 0.812. The van der Waals surface area contributed by atoms with E-state index in [2.05, 4.69) is 5.32 Å². The van der Waals surface area contributed by atoms with Crippen molar-refractivity contribution in [2.45, 2.75) is 19.9 Å². The van der Waals surface area contributed by atoms with Crippen molar-refractivity contribution < 1.29 is 23.8 Å². The zero-order valence-electron chi connectivity index (χ0n) is 13.0. The number of carboxylic acid groups (broad SMARTS) is 1. The van der Waals surface area contributed by atoms with Gasteiger partial charge in [0.1, 0.15) is 11.6 Å². The number of carbonyl (C=O) groups is 2. The maximum Gasteiger partial charge on any atom is 0.349 e. The van der Waals surface area contributed by atoms with E-state index in [0.29, 0.717) is 11.1 Å². The second kappa shape index (κ2) is 6.51. The first kappa shape index (κ1) is 16.5. The number of rotatable bonds is 5. The maximum absolute atomic E-state index is 12.2. The highest BCUT2D eigenvalue weighted by molar-refractivity contribution is 5.99. The Morgan fingerprint density at radius 2 is 2.00 bits per heavy atom. The molecule has 0 saturated heterocycles. The number of hydrogen-bond acceptors (Lipinski definition) is 5. The van der Waals surface area contributed by atoms with E-state index in [9.17, 15) is 14.4 Å². The predicted octanol–water partition coefficient (Wildman–Crippen LogP) is 1.64. The van der Waals surface area contributed by atoms with Crippen molar-refractivity contribution in [2.75, 3.05) is 7.11 Å². The normalized spacial score (nSPS) is 12.2. The van der Waals surface area contributed by atoms with Crippen LogP contribution >= 0.6 is 0 Å². The molecule has 122 valence electrons. The molecule has 1 atom stereocenters. The Bertz CT molecular complexity index is 808. The molecular formula is C16H17NO6. The number of benzene rings is 1. The van der Waals surface area contributed by atoms with Crippen molar-refractivity contribution in [1.29, 1.82) is 0 Å². The second-order valence-electron chi connectivity index (χ2n) is 5.36. The monoisotopic (exact) mass is 319 g/mol. The van der Waals surface area contributed by atoms with Crippen LogP contribution in [0.5, 0.6) is 5.75 Å². The highest BCUT2D eigenvalue weighted by Crippen LogP contribution is 2.24. The van der Waals surface area contributed by atoms with Crippen LogP contribution in [-0.4, -0.2) is 30.1 Å². The molecule has 2 N–H and O–H groups in total. The molecule has 0 spiro atoms. The van der Waals surface area contributed by atoms with Crippen molar-refractivity contribution in [3.63, 3.8) is 0 Å². The number of amides is 1. The average Bonchev–Trinajstić information content (AvgIpc) is 2.50. The molecule has 0 radical (unpaired) electrons. The number of para-hydroxylation sites is 1. The minimum absolute atomic E-state index is 0.232. The number of ether oxygens (including phenoxy) is 1. The van der Waals surface area contributed by atoms with Crippen LogP contribution in [0.3, 0.4) is 0 Å². The first-order valence-corrected chi connectivity index (χ1v) is 6.99.